The Kier molecular flexibility index (Phi) is 5.31. The van der Waals surface area contributed by atoms with Crippen molar-refractivity contribution in [1.82, 2.24) is 15.2 Å². The van der Waals surface area contributed by atoms with Crippen LogP contribution in [0.2, 0.25) is 0 Å². The third-order valence-corrected chi connectivity index (χ3v) is 5.82. The van der Waals surface area contributed by atoms with E-state index in [1.165, 1.54) is 0 Å². The van der Waals surface area contributed by atoms with Gasteiger partial charge in [-0.2, -0.15) is 0 Å². The van der Waals surface area contributed by atoms with Crippen LogP contribution < -0.4 is 10.1 Å². The number of carbonyl (C=O) groups excluding carboxylic acids is 2. The normalized spacial score (nSPS) is 22.7. The first-order valence-electron chi connectivity index (χ1n) is 10.8. The average Bonchev–Trinajstić information content (AvgIpc) is 3.19. The first kappa shape index (κ1) is 21.4. The van der Waals surface area contributed by atoms with Crippen molar-refractivity contribution >= 4 is 22.8 Å². The number of carbonyl (C=O) groups is 2. The molecule has 2 aromatic rings. The number of aromatic nitrogens is 1. The topological polar surface area (TPSA) is 80.8 Å². The summed E-state index contributed by atoms with van der Waals surface area (Å²) in [5.41, 5.74) is -1.05. The van der Waals surface area contributed by atoms with Crippen molar-refractivity contribution in [2.24, 2.45) is 17.8 Å². The second-order valence-corrected chi connectivity index (χ2v) is 10.2. The Hall–Kier alpha value is -2.83. The van der Waals surface area contributed by atoms with Gasteiger partial charge in [-0.05, 0) is 64.0 Å². The summed E-state index contributed by atoms with van der Waals surface area (Å²) in [6, 6.07) is 9.87. The second kappa shape index (κ2) is 7.70. The first-order chi connectivity index (χ1) is 14.5. The lowest BCUT2D eigenvalue weighted by molar-refractivity contribution is -0.125. The van der Waals surface area contributed by atoms with Crippen molar-refractivity contribution in [3.63, 3.8) is 0 Å². The first-order valence-corrected chi connectivity index (χ1v) is 10.8. The molecule has 1 aromatic carbocycles. The van der Waals surface area contributed by atoms with Crippen LogP contribution in [0.15, 0.2) is 36.5 Å². The van der Waals surface area contributed by atoms with Crippen molar-refractivity contribution < 1.29 is 19.1 Å². The van der Waals surface area contributed by atoms with Crippen LogP contribution in [0, 0.1) is 17.8 Å². The highest BCUT2D eigenvalue weighted by atomic mass is 16.6. The number of piperidine rings is 1. The number of hydrogen-bond donors (Lipinski definition) is 1. The summed E-state index contributed by atoms with van der Waals surface area (Å²) >= 11 is 0. The zero-order chi connectivity index (χ0) is 22.4. The average molecular weight is 426 g/mol. The maximum Gasteiger partial charge on any atom is 0.410 e. The van der Waals surface area contributed by atoms with E-state index in [0.717, 1.165) is 10.8 Å². The molecule has 2 aliphatic rings. The molecule has 0 unspecified atom stereocenters. The Bertz CT molecular complexity index is 980. The number of nitrogens with zero attached hydrogens (tertiary/aromatic N) is 2. The van der Waals surface area contributed by atoms with E-state index in [9.17, 15) is 9.59 Å². The van der Waals surface area contributed by atoms with Gasteiger partial charge in [-0.1, -0.05) is 18.2 Å². The third kappa shape index (κ3) is 4.75. The molecule has 1 saturated carbocycles. The van der Waals surface area contributed by atoms with Crippen LogP contribution in [0.1, 0.15) is 34.6 Å². The molecule has 1 saturated heterocycles. The van der Waals surface area contributed by atoms with Crippen LogP contribution >= 0.6 is 0 Å². The van der Waals surface area contributed by atoms with E-state index in [-0.39, 0.29) is 29.8 Å². The molecule has 1 aromatic heterocycles. The fourth-order valence-electron chi connectivity index (χ4n) is 4.30. The summed E-state index contributed by atoms with van der Waals surface area (Å²) in [4.78, 5) is 31.1. The molecule has 1 aliphatic heterocycles. The van der Waals surface area contributed by atoms with Gasteiger partial charge in [-0.25, -0.2) is 9.78 Å². The summed E-state index contributed by atoms with van der Waals surface area (Å²) in [7, 11) is 0. The predicted octanol–water partition coefficient (Wildman–Crippen LogP) is 3.62. The van der Waals surface area contributed by atoms with Crippen LogP contribution in [0.3, 0.4) is 0 Å². The Morgan fingerprint density at radius 1 is 1.10 bits per heavy atom. The molecule has 2 heterocycles. The Morgan fingerprint density at radius 3 is 2.45 bits per heavy atom. The standard InChI is InChI=1S/C24H31N3O4/c1-23(2,3)31-22(29)27-12-17-18(13-27)19(17)20(28)26-24(4,5)14-30-21-16-9-7-6-8-15(16)10-11-25-21/h6-11,17-19H,12-14H2,1-5H3,(H,26,28)/t17-,18+,19+. The third-order valence-electron chi connectivity index (χ3n) is 5.82. The zero-order valence-electron chi connectivity index (χ0n) is 18.8. The maximum absolute atomic E-state index is 12.8. The molecule has 31 heavy (non-hydrogen) atoms. The Balaban J connectivity index is 1.29. The summed E-state index contributed by atoms with van der Waals surface area (Å²) in [6.45, 7) is 10.9. The van der Waals surface area contributed by atoms with Gasteiger partial charge in [0, 0.05) is 30.6 Å². The van der Waals surface area contributed by atoms with Crippen molar-refractivity contribution in [2.45, 2.75) is 45.8 Å². The van der Waals surface area contributed by atoms with Gasteiger partial charge in [-0.3, -0.25) is 4.79 Å². The summed E-state index contributed by atoms with van der Waals surface area (Å²) in [5.74, 6) is 0.969. The lowest BCUT2D eigenvalue weighted by Crippen LogP contribution is -2.49. The van der Waals surface area contributed by atoms with Crippen LogP contribution in [0.25, 0.3) is 10.8 Å². The van der Waals surface area contributed by atoms with E-state index in [1.807, 2.05) is 65.0 Å². The number of likely N-dealkylation sites (tertiary alicyclic amines) is 1. The molecule has 1 N–H and O–H groups in total. The minimum absolute atomic E-state index is 0.0262. The van der Waals surface area contributed by atoms with Gasteiger partial charge in [0.05, 0.1) is 5.54 Å². The van der Waals surface area contributed by atoms with Crippen molar-refractivity contribution in [3.05, 3.63) is 36.5 Å². The van der Waals surface area contributed by atoms with E-state index in [4.69, 9.17) is 9.47 Å². The highest BCUT2D eigenvalue weighted by molar-refractivity contribution is 5.86. The largest absolute Gasteiger partial charge is 0.475 e. The number of amides is 2. The number of ether oxygens (including phenoxy) is 2. The second-order valence-electron chi connectivity index (χ2n) is 10.2. The van der Waals surface area contributed by atoms with Gasteiger partial charge in [0.25, 0.3) is 0 Å². The van der Waals surface area contributed by atoms with Crippen LogP contribution in [0.5, 0.6) is 5.88 Å². The number of nitrogens with one attached hydrogen (secondary N) is 1. The molecular formula is C24H31N3O4. The molecular weight excluding hydrogens is 394 g/mol. The fraction of sp³-hybridized carbons (Fsp3) is 0.542. The van der Waals surface area contributed by atoms with Gasteiger partial charge < -0.3 is 19.7 Å². The van der Waals surface area contributed by atoms with E-state index in [0.29, 0.717) is 25.6 Å². The minimum Gasteiger partial charge on any atom is -0.475 e. The van der Waals surface area contributed by atoms with Crippen molar-refractivity contribution in [2.75, 3.05) is 19.7 Å². The Labute approximate surface area is 183 Å². The van der Waals surface area contributed by atoms with Gasteiger partial charge in [0.2, 0.25) is 11.8 Å². The molecule has 0 bridgehead atoms. The van der Waals surface area contributed by atoms with Gasteiger partial charge in [0.1, 0.15) is 12.2 Å². The van der Waals surface area contributed by atoms with Crippen molar-refractivity contribution in [3.8, 4) is 5.88 Å². The number of fused-ring (bicyclic) bond motifs is 2. The quantitative estimate of drug-likeness (QED) is 0.791. The van der Waals surface area contributed by atoms with Gasteiger partial charge >= 0.3 is 6.09 Å². The number of pyridine rings is 1. The van der Waals surface area contributed by atoms with Gasteiger partial charge in [-0.15, -0.1) is 0 Å². The monoisotopic (exact) mass is 425 g/mol. The molecule has 0 spiro atoms. The smallest absolute Gasteiger partial charge is 0.410 e. The SMILES string of the molecule is CC(C)(COc1nccc2ccccc12)NC(=O)[C@H]1[C@@H]2CN(C(=O)OC(C)(C)C)C[C@@H]21. The maximum atomic E-state index is 12.8. The van der Waals surface area contributed by atoms with Crippen LogP contribution in [-0.2, 0) is 9.53 Å². The van der Waals surface area contributed by atoms with E-state index >= 15 is 0 Å². The highest BCUT2D eigenvalue weighted by Gasteiger charge is 2.61. The van der Waals surface area contributed by atoms with Crippen molar-refractivity contribution in [1.29, 1.82) is 0 Å². The minimum atomic E-state index is -0.544. The molecule has 2 amide bonds. The number of benzene rings is 1. The lowest BCUT2D eigenvalue weighted by Gasteiger charge is -2.28. The van der Waals surface area contributed by atoms with E-state index in [2.05, 4.69) is 10.3 Å². The Morgan fingerprint density at radius 2 is 1.77 bits per heavy atom. The zero-order valence-corrected chi connectivity index (χ0v) is 18.8. The number of rotatable bonds is 5. The predicted molar refractivity (Wildman–Crippen MR) is 118 cm³/mol. The highest BCUT2D eigenvalue weighted by Crippen LogP contribution is 2.52. The molecule has 1 aliphatic carbocycles. The van der Waals surface area contributed by atoms with Gasteiger partial charge in [0.15, 0.2) is 0 Å². The summed E-state index contributed by atoms with van der Waals surface area (Å²) in [6.07, 6.45) is 1.43. The van der Waals surface area contributed by atoms with E-state index < -0.39 is 11.1 Å². The summed E-state index contributed by atoms with van der Waals surface area (Å²) < 4.78 is 11.4. The van der Waals surface area contributed by atoms with E-state index in [1.54, 1.807) is 11.1 Å². The molecule has 166 valence electrons. The molecule has 2 fully saturated rings. The van der Waals surface area contributed by atoms with Crippen LogP contribution in [-0.4, -0.2) is 52.7 Å². The van der Waals surface area contributed by atoms with Crippen LogP contribution in [0.4, 0.5) is 4.79 Å². The fourth-order valence-corrected chi connectivity index (χ4v) is 4.30. The summed E-state index contributed by atoms with van der Waals surface area (Å²) in [5, 5.41) is 5.14. The molecule has 7 heteroatoms. The number of hydrogen-bond acceptors (Lipinski definition) is 5. The molecule has 0 radical (unpaired) electrons. The molecule has 4 rings (SSSR count). The lowest BCUT2D eigenvalue weighted by atomic mass is 10.1. The molecule has 3 atom stereocenters. The molecule has 7 nitrogen and oxygen atoms in total.